The Morgan fingerprint density at radius 3 is 2.56 bits per heavy atom. The van der Waals surface area contributed by atoms with Crippen LogP contribution < -0.4 is 11.5 Å². The van der Waals surface area contributed by atoms with Crippen LogP contribution in [0.1, 0.15) is 18.4 Å². The molecule has 16 heavy (non-hydrogen) atoms. The van der Waals surface area contributed by atoms with Crippen molar-refractivity contribution in [3.63, 3.8) is 0 Å². The van der Waals surface area contributed by atoms with Crippen LogP contribution in [0.2, 0.25) is 0 Å². The van der Waals surface area contributed by atoms with E-state index in [1.165, 1.54) is 6.07 Å². The summed E-state index contributed by atoms with van der Waals surface area (Å²) in [4.78, 5) is 10.6. The van der Waals surface area contributed by atoms with E-state index >= 15 is 0 Å². The van der Waals surface area contributed by atoms with Crippen LogP contribution in [0.4, 0.5) is 8.78 Å². The summed E-state index contributed by atoms with van der Waals surface area (Å²) in [6, 6.07) is 3.06. The molecule has 1 atom stereocenters. The van der Waals surface area contributed by atoms with Crippen LogP contribution in [0.25, 0.3) is 0 Å². The maximum absolute atomic E-state index is 12.8. The average Bonchev–Trinajstić information content (AvgIpc) is 2.23. The molecule has 0 saturated carbocycles. The number of carbonyl (C=O) groups excluding carboxylic acids is 1. The minimum atomic E-state index is -0.864. The Balaban J connectivity index is 2.43. The lowest BCUT2D eigenvalue weighted by Gasteiger charge is -2.07. The average molecular weight is 228 g/mol. The lowest BCUT2D eigenvalue weighted by Crippen LogP contribution is -2.36. The fraction of sp³-hybridized carbons (Fsp3) is 0.364. The van der Waals surface area contributed by atoms with E-state index in [9.17, 15) is 13.6 Å². The number of amides is 1. The maximum atomic E-state index is 12.8. The summed E-state index contributed by atoms with van der Waals surface area (Å²) < 4.78 is 25.4. The highest BCUT2D eigenvalue weighted by atomic mass is 19.2. The molecule has 0 fully saturated rings. The van der Waals surface area contributed by atoms with E-state index in [0.717, 1.165) is 12.1 Å². The van der Waals surface area contributed by atoms with Crippen molar-refractivity contribution in [2.24, 2.45) is 11.5 Å². The van der Waals surface area contributed by atoms with E-state index in [1.807, 2.05) is 0 Å². The number of nitrogens with two attached hydrogens (primary N) is 2. The van der Waals surface area contributed by atoms with Gasteiger partial charge < -0.3 is 11.5 Å². The summed E-state index contributed by atoms with van der Waals surface area (Å²) in [6.45, 7) is 0. The van der Waals surface area contributed by atoms with Crippen molar-refractivity contribution >= 4 is 5.91 Å². The minimum absolute atomic E-state index is 0.439. The van der Waals surface area contributed by atoms with Crippen molar-refractivity contribution < 1.29 is 13.6 Å². The molecule has 1 amide bonds. The van der Waals surface area contributed by atoms with Crippen molar-refractivity contribution in [2.45, 2.75) is 25.3 Å². The summed E-state index contributed by atoms with van der Waals surface area (Å²) in [5.41, 5.74) is 11.1. The number of hydrogen-bond donors (Lipinski definition) is 2. The van der Waals surface area contributed by atoms with Gasteiger partial charge >= 0.3 is 0 Å². The van der Waals surface area contributed by atoms with Crippen LogP contribution in [-0.4, -0.2) is 11.9 Å². The first-order valence-electron chi connectivity index (χ1n) is 4.99. The highest BCUT2D eigenvalue weighted by Crippen LogP contribution is 2.11. The molecule has 0 radical (unpaired) electrons. The van der Waals surface area contributed by atoms with Gasteiger partial charge in [-0.15, -0.1) is 0 Å². The van der Waals surface area contributed by atoms with Gasteiger partial charge in [0, 0.05) is 0 Å². The molecule has 0 aromatic heterocycles. The molecule has 0 aliphatic heterocycles. The normalized spacial score (nSPS) is 12.4. The van der Waals surface area contributed by atoms with Gasteiger partial charge in [-0.2, -0.15) is 0 Å². The third-order valence-corrected chi connectivity index (χ3v) is 2.33. The molecule has 0 spiro atoms. The number of halogens is 2. The monoisotopic (exact) mass is 228 g/mol. The first-order chi connectivity index (χ1) is 7.50. The standard InChI is InChI=1S/C11H14F2N2O/c12-8-5-4-7(6-9(8)13)2-1-3-10(14)11(15)16/h4-6,10H,1-3,14H2,(H2,15,16). The molecule has 0 aliphatic carbocycles. The van der Waals surface area contributed by atoms with Crippen molar-refractivity contribution in [1.82, 2.24) is 0 Å². The van der Waals surface area contributed by atoms with Crippen LogP contribution in [0.5, 0.6) is 0 Å². The number of benzene rings is 1. The molecule has 0 aliphatic rings. The topological polar surface area (TPSA) is 69.1 Å². The lowest BCUT2D eigenvalue weighted by molar-refractivity contribution is -0.119. The zero-order chi connectivity index (χ0) is 12.1. The van der Waals surface area contributed by atoms with Gasteiger partial charge in [0.1, 0.15) is 0 Å². The van der Waals surface area contributed by atoms with Gasteiger partial charge in [-0.25, -0.2) is 8.78 Å². The van der Waals surface area contributed by atoms with E-state index < -0.39 is 23.6 Å². The SMILES string of the molecule is NC(=O)C(N)CCCc1ccc(F)c(F)c1. The molecule has 3 nitrogen and oxygen atoms in total. The van der Waals surface area contributed by atoms with Crippen LogP contribution in [-0.2, 0) is 11.2 Å². The minimum Gasteiger partial charge on any atom is -0.368 e. The molecule has 1 aromatic carbocycles. The lowest BCUT2D eigenvalue weighted by atomic mass is 10.0. The summed E-state index contributed by atoms with van der Waals surface area (Å²) in [5.74, 6) is -2.28. The Morgan fingerprint density at radius 2 is 2.00 bits per heavy atom. The van der Waals surface area contributed by atoms with Crippen molar-refractivity contribution in [3.05, 3.63) is 35.4 Å². The van der Waals surface area contributed by atoms with Crippen molar-refractivity contribution in [3.8, 4) is 0 Å². The molecule has 5 heteroatoms. The highest BCUT2D eigenvalue weighted by Gasteiger charge is 2.09. The Morgan fingerprint density at radius 1 is 1.31 bits per heavy atom. The zero-order valence-corrected chi connectivity index (χ0v) is 8.75. The van der Waals surface area contributed by atoms with E-state index in [0.29, 0.717) is 24.8 Å². The van der Waals surface area contributed by atoms with Crippen LogP contribution in [0.15, 0.2) is 18.2 Å². The van der Waals surface area contributed by atoms with Gasteiger partial charge in [0.05, 0.1) is 6.04 Å². The van der Waals surface area contributed by atoms with Gasteiger partial charge in [-0.05, 0) is 37.0 Å². The maximum Gasteiger partial charge on any atom is 0.234 e. The van der Waals surface area contributed by atoms with Crippen LogP contribution >= 0.6 is 0 Å². The van der Waals surface area contributed by atoms with Gasteiger partial charge in [-0.1, -0.05) is 6.07 Å². The summed E-state index contributed by atoms with van der Waals surface area (Å²) in [5, 5.41) is 0. The third kappa shape index (κ3) is 3.58. The number of hydrogen-bond acceptors (Lipinski definition) is 2. The molecule has 1 aromatic rings. The number of aryl methyl sites for hydroxylation is 1. The Kier molecular flexibility index (Phi) is 4.37. The smallest absolute Gasteiger partial charge is 0.234 e. The highest BCUT2D eigenvalue weighted by molar-refractivity contribution is 5.79. The molecule has 88 valence electrons. The Bertz CT molecular complexity index is 382. The van der Waals surface area contributed by atoms with Gasteiger partial charge in [0.15, 0.2) is 11.6 Å². The fourth-order valence-electron chi connectivity index (χ4n) is 1.36. The quantitative estimate of drug-likeness (QED) is 0.792. The molecular weight excluding hydrogens is 214 g/mol. The summed E-state index contributed by atoms with van der Waals surface area (Å²) in [6.07, 6.45) is 1.59. The van der Waals surface area contributed by atoms with E-state index in [2.05, 4.69) is 0 Å². The molecule has 1 unspecified atom stereocenters. The van der Waals surface area contributed by atoms with Crippen LogP contribution in [0.3, 0.4) is 0 Å². The summed E-state index contributed by atoms with van der Waals surface area (Å²) >= 11 is 0. The molecule has 0 heterocycles. The number of primary amides is 1. The first-order valence-corrected chi connectivity index (χ1v) is 4.99. The Labute approximate surface area is 92.4 Å². The van der Waals surface area contributed by atoms with Gasteiger partial charge in [0.25, 0.3) is 0 Å². The molecule has 4 N–H and O–H groups in total. The van der Waals surface area contributed by atoms with E-state index in [-0.39, 0.29) is 0 Å². The van der Waals surface area contributed by atoms with Crippen molar-refractivity contribution in [2.75, 3.05) is 0 Å². The first kappa shape index (κ1) is 12.6. The van der Waals surface area contributed by atoms with Crippen molar-refractivity contribution in [1.29, 1.82) is 0 Å². The molecule has 0 saturated heterocycles. The van der Waals surface area contributed by atoms with E-state index in [4.69, 9.17) is 11.5 Å². The summed E-state index contributed by atoms with van der Waals surface area (Å²) in [7, 11) is 0. The number of carbonyl (C=O) groups is 1. The predicted molar refractivity (Wildman–Crippen MR) is 56.5 cm³/mol. The molecule has 0 bridgehead atoms. The van der Waals surface area contributed by atoms with Gasteiger partial charge in [-0.3, -0.25) is 4.79 Å². The second-order valence-electron chi connectivity index (χ2n) is 3.65. The van der Waals surface area contributed by atoms with Crippen LogP contribution in [0, 0.1) is 11.6 Å². The third-order valence-electron chi connectivity index (χ3n) is 2.33. The molecular formula is C11H14F2N2O. The predicted octanol–water partition coefficient (Wildman–Crippen LogP) is 1.10. The van der Waals surface area contributed by atoms with Gasteiger partial charge in [0.2, 0.25) is 5.91 Å². The number of rotatable bonds is 5. The Hall–Kier alpha value is -1.49. The van der Waals surface area contributed by atoms with E-state index in [1.54, 1.807) is 0 Å². The zero-order valence-electron chi connectivity index (χ0n) is 8.75. The fourth-order valence-corrected chi connectivity index (χ4v) is 1.36. The molecule has 1 rings (SSSR count). The largest absolute Gasteiger partial charge is 0.368 e. The second kappa shape index (κ2) is 5.55. The second-order valence-corrected chi connectivity index (χ2v) is 3.65.